The monoisotopic (exact) mass is 274 g/mol. The second-order valence-corrected chi connectivity index (χ2v) is 4.98. The van der Waals surface area contributed by atoms with E-state index in [1.54, 1.807) is 6.92 Å². The molecule has 0 radical (unpaired) electrons. The Hall–Kier alpha value is -1.53. The summed E-state index contributed by atoms with van der Waals surface area (Å²) < 4.78 is 44.8. The largest absolute Gasteiger partial charge is 0.465 e. The number of carbonyl (C=O) groups excluding carboxylic acids is 1. The minimum Gasteiger partial charge on any atom is -0.465 e. The Labute approximate surface area is 107 Å². The smallest absolute Gasteiger partial charge is 0.435 e. The maximum absolute atomic E-state index is 12.9. The third-order valence-corrected chi connectivity index (χ3v) is 3.70. The lowest BCUT2D eigenvalue weighted by Crippen LogP contribution is -2.17. The highest BCUT2D eigenvalue weighted by molar-refractivity contribution is 5.69. The molecular weight excluding hydrogens is 261 g/mol. The third kappa shape index (κ3) is 2.01. The lowest BCUT2D eigenvalue weighted by atomic mass is 10.1. The van der Waals surface area contributed by atoms with Crippen molar-refractivity contribution in [2.24, 2.45) is 5.92 Å². The van der Waals surface area contributed by atoms with Crippen molar-refractivity contribution in [3.8, 4) is 0 Å². The fourth-order valence-electron chi connectivity index (χ4n) is 2.86. The van der Waals surface area contributed by atoms with E-state index < -0.39 is 17.8 Å². The van der Waals surface area contributed by atoms with Gasteiger partial charge in [-0.15, -0.1) is 0 Å². The van der Waals surface area contributed by atoms with E-state index in [1.165, 1.54) is 4.68 Å². The van der Waals surface area contributed by atoms with Crippen molar-refractivity contribution in [3.63, 3.8) is 0 Å². The summed E-state index contributed by atoms with van der Waals surface area (Å²) in [5.74, 6) is -0.257. The van der Waals surface area contributed by atoms with Crippen molar-refractivity contribution in [2.75, 3.05) is 6.61 Å². The first-order chi connectivity index (χ1) is 8.91. The average Bonchev–Trinajstić information content (AvgIpc) is 2.80. The Balaban J connectivity index is 1.94. The van der Waals surface area contributed by atoms with Crippen LogP contribution in [-0.4, -0.2) is 22.4 Å². The van der Waals surface area contributed by atoms with Crippen LogP contribution < -0.4 is 0 Å². The highest BCUT2D eigenvalue weighted by Gasteiger charge is 2.53. The van der Waals surface area contributed by atoms with Gasteiger partial charge in [-0.25, -0.2) is 0 Å². The number of carbonyl (C=O) groups is 1. The number of rotatable bonds is 3. The van der Waals surface area contributed by atoms with Gasteiger partial charge in [0, 0.05) is 11.3 Å². The second-order valence-electron chi connectivity index (χ2n) is 4.98. The summed E-state index contributed by atoms with van der Waals surface area (Å²) in [6, 6.07) is 0. The van der Waals surface area contributed by atoms with Crippen molar-refractivity contribution in [3.05, 3.63) is 17.0 Å². The van der Waals surface area contributed by atoms with Gasteiger partial charge >= 0.3 is 12.1 Å². The molecule has 0 aromatic carbocycles. The van der Waals surface area contributed by atoms with Gasteiger partial charge in [-0.05, 0) is 31.6 Å². The molecule has 0 bridgehead atoms. The summed E-state index contributed by atoms with van der Waals surface area (Å²) in [6.07, 6.45) is -3.06. The molecule has 104 valence electrons. The first-order valence-electron chi connectivity index (χ1n) is 6.24. The van der Waals surface area contributed by atoms with Crippen molar-refractivity contribution < 1.29 is 22.7 Å². The first kappa shape index (κ1) is 12.5. The molecule has 2 aliphatic carbocycles. The summed E-state index contributed by atoms with van der Waals surface area (Å²) in [6.45, 7) is 1.62. The quantitative estimate of drug-likeness (QED) is 0.793. The van der Waals surface area contributed by atoms with E-state index in [4.69, 9.17) is 4.74 Å². The van der Waals surface area contributed by atoms with Gasteiger partial charge in [0.2, 0.25) is 0 Å². The summed E-state index contributed by atoms with van der Waals surface area (Å²) in [5, 5.41) is 3.59. The molecule has 1 aromatic rings. The predicted octanol–water partition coefficient (Wildman–Crippen LogP) is 2.12. The normalized spacial score (nSPS) is 24.0. The van der Waals surface area contributed by atoms with Crippen LogP contribution in [0.15, 0.2) is 0 Å². The number of alkyl halides is 3. The second kappa shape index (κ2) is 3.98. The SMILES string of the molecule is CCOC(=O)Cn1nc(C(F)(F)F)c2c1C[C@@H]1C[C@H]21. The van der Waals surface area contributed by atoms with Gasteiger partial charge < -0.3 is 4.74 Å². The molecule has 1 fully saturated rings. The van der Waals surface area contributed by atoms with Crippen LogP contribution in [0, 0.1) is 5.92 Å². The molecule has 0 unspecified atom stereocenters. The van der Waals surface area contributed by atoms with Crippen LogP contribution in [0.3, 0.4) is 0 Å². The van der Waals surface area contributed by atoms with E-state index in [9.17, 15) is 18.0 Å². The number of nitrogens with zero attached hydrogens (tertiary/aromatic N) is 2. The van der Waals surface area contributed by atoms with Gasteiger partial charge in [-0.1, -0.05) is 0 Å². The van der Waals surface area contributed by atoms with E-state index in [2.05, 4.69) is 5.10 Å². The number of hydrogen-bond donors (Lipinski definition) is 0. The topological polar surface area (TPSA) is 44.1 Å². The minimum absolute atomic E-state index is 0.0115. The van der Waals surface area contributed by atoms with Crippen LogP contribution in [0.5, 0.6) is 0 Å². The Bertz CT molecular complexity index is 536. The van der Waals surface area contributed by atoms with Crippen LogP contribution in [-0.2, 0) is 28.7 Å². The van der Waals surface area contributed by atoms with E-state index in [1.807, 2.05) is 0 Å². The van der Waals surface area contributed by atoms with Crippen molar-refractivity contribution in [1.82, 2.24) is 9.78 Å². The fourth-order valence-corrected chi connectivity index (χ4v) is 2.86. The van der Waals surface area contributed by atoms with Gasteiger partial charge in [-0.2, -0.15) is 18.3 Å². The summed E-state index contributed by atoms with van der Waals surface area (Å²) in [5.41, 5.74) is 0.0419. The Morgan fingerprint density at radius 1 is 1.53 bits per heavy atom. The maximum atomic E-state index is 12.9. The zero-order chi connectivity index (χ0) is 13.8. The van der Waals surface area contributed by atoms with Crippen molar-refractivity contribution >= 4 is 5.97 Å². The first-order valence-corrected chi connectivity index (χ1v) is 6.24. The zero-order valence-electron chi connectivity index (χ0n) is 10.3. The molecule has 1 heterocycles. The minimum atomic E-state index is -4.46. The Kier molecular flexibility index (Phi) is 2.62. The molecule has 0 N–H and O–H groups in total. The highest BCUT2D eigenvalue weighted by atomic mass is 19.4. The zero-order valence-corrected chi connectivity index (χ0v) is 10.3. The molecule has 19 heavy (non-hydrogen) atoms. The molecule has 0 aliphatic heterocycles. The van der Waals surface area contributed by atoms with E-state index in [0.29, 0.717) is 23.6 Å². The van der Waals surface area contributed by atoms with Crippen LogP contribution in [0.2, 0.25) is 0 Å². The van der Waals surface area contributed by atoms with Gasteiger partial charge in [0.15, 0.2) is 5.69 Å². The summed E-state index contributed by atoms with van der Waals surface area (Å²) >= 11 is 0. The van der Waals surface area contributed by atoms with Gasteiger partial charge in [-0.3, -0.25) is 9.48 Å². The third-order valence-electron chi connectivity index (χ3n) is 3.70. The van der Waals surface area contributed by atoms with Gasteiger partial charge in [0.25, 0.3) is 0 Å². The van der Waals surface area contributed by atoms with Gasteiger partial charge in [0.1, 0.15) is 6.54 Å². The van der Waals surface area contributed by atoms with Crippen LogP contribution >= 0.6 is 0 Å². The fraction of sp³-hybridized carbons (Fsp3) is 0.667. The van der Waals surface area contributed by atoms with Crippen LogP contribution in [0.1, 0.15) is 36.2 Å². The molecule has 0 amide bonds. The molecular formula is C12H13F3N2O2. The number of ether oxygens (including phenoxy) is 1. The molecule has 2 aliphatic rings. The predicted molar refractivity (Wildman–Crippen MR) is 58.4 cm³/mol. The number of hydrogen-bond acceptors (Lipinski definition) is 3. The molecule has 0 spiro atoms. The van der Waals surface area contributed by atoms with E-state index in [0.717, 1.165) is 6.42 Å². The molecule has 3 rings (SSSR count). The molecule has 1 aromatic heterocycles. The number of aromatic nitrogens is 2. The molecule has 2 atom stereocenters. The standard InChI is InChI=1S/C12H13F3N2O2/c1-2-19-9(18)5-17-8-4-6-3-7(6)10(8)11(16-17)12(13,14)15/h6-7H,2-5H2,1H3/t6-,7-/m0/s1. The number of esters is 1. The van der Waals surface area contributed by atoms with Crippen LogP contribution in [0.4, 0.5) is 13.2 Å². The summed E-state index contributed by atoms with van der Waals surface area (Å²) in [4.78, 5) is 11.4. The maximum Gasteiger partial charge on any atom is 0.435 e. The van der Waals surface area contributed by atoms with Crippen molar-refractivity contribution in [2.45, 2.75) is 38.4 Å². The van der Waals surface area contributed by atoms with E-state index in [-0.39, 0.29) is 19.1 Å². The summed E-state index contributed by atoms with van der Waals surface area (Å²) in [7, 11) is 0. The Morgan fingerprint density at radius 2 is 2.26 bits per heavy atom. The van der Waals surface area contributed by atoms with Gasteiger partial charge in [0.05, 0.1) is 6.61 Å². The molecule has 7 heteroatoms. The molecule has 1 saturated carbocycles. The lowest BCUT2D eigenvalue weighted by molar-refractivity contribution is -0.146. The lowest BCUT2D eigenvalue weighted by Gasteiger charge is -2.05. The van der Waals surface area contributed by atoms with E-state index >= 15 is 0 Å². The number of fused-ring (bicyclic) bond motifs is 3. The number of halogens is 3. The van der Waals surface area contributed by atoms with Crippen LogP contribution in [0.25, 0.3) is 0 Å². The Morgan fingerprint density at radius 3 is 2.89 bits per heavy atom. The average molecular weight is 274 g/mol. The molecule has 4 nitrogen and oxygen atoms in total. The van der Waals surface area contributed by atoms with Crippen molar-refractivity contribution in [1.29, 1.82) is 0 Å². The highest BCUT2D eigenvalue weighted by Crippen LogP contribution is 2.58. The molecule has 0 saturated heterocycles.